The molecule has 0 spiro atoms. The maximum atomic E-state index is 12.6. The van der Waals surface area contributed by atoms with E-state index in [1.165, 1.54) is 4.68 Å². The number of rotatable bonds is 3. The highest BCUT2D eigenvalue weighted by Crippen LogP contribution is 2.29. The van der Waals surface area contributed by atoms with Crippen LogP contribution in [-0.4, -0.2) is 9.78 Å². The first-order chi connectivity index (χ1) is 9.41. The van der Waals surface area contributed by atoms with Gasteiger partial charge >= 0.3 is 6.18 Å². The lowest BCUT2D eigenvalue weighted by Gasteiger charge is -2.05. The standard InChI is InChI=1S/C12H10F3N5/c1-8-6-11(12(13,14)15)18-20(8)10-4-2-9(3-5-10)7-17-19-16/h2-6H,7H2,1H3. The minimum atomic E-state index is -4.46. The van der Waals surface area contributed by atoms with Gasteiger partial charge in [-0.2, -0.15) is 18.3 Å². The van der Waals surface area contributed by atoms with E-state index in [1.54, 1.807) is 31.2 Å². The van der Waals surface area contributed by atoms with Crippen molar-refractivity contribution in [1.82, 2.24) is 9.78 Å². The molecular weight excluding hydrogens is 271 g/mol. The van der Waals surface area contributed by atoms with Crippen molar-refractivity contribution in [3.05, 3.63) is 57.7 Å². The summed E-state index contributed by atoms with van der Waals surface area (Å²) in [5, 5.41) is 6.96. The minimum absolute atomic E-state index is 0.197. The van der Waals surface area contributed by atoms with Crippen LogP contribution in [0.25, 0.3) is 16.1 Å². The van der Waals surface area contributed by atoms with Crippen LogP contribution in [0.4, 0.5) is 13.2 Å². The molecule has 0 N–H and O–H groups in total. The monoisotopic (exact) mass is 281 g/mol. The quantitative estimate of drug-likeness (QED) is 0.476. The van der Waals surface area contributed by atoms with Crippen LogP contribution in [-0.2, 0) is 12.7 Å². The second-order valence-electron chi connectivity index (χ2n) is 4.14. The van der Waals surface area contributed by atoms with E-state index in [0.717, 1.165) is 11.6 Å². The summed E-state index contributed by atoms with van der Waals surface area (Å²) in [6.07, 6.45) is -4.46. The van der Waals surface area contributed by atoms with Crippen LogP contribution in [0.15, 0.2) is 35.4 Å². The summed E-state index contributed by atoms with van der Waals surface area (Å²) in [6, 6.07) is 7.61. The fraction of sp³-hybridized carbons (Fsp3) is 0.250. The van der Waals surface area contributed by atoms with E-state index in [9.17, 15) is 13.2 Å². The Morgan fingerprint density at radius 1 is 1.30 bits per heavy atom. The van der Waals surface area contributed by atoms with Crippen LogP contribution >= 0.6 is 0 Å². The van der Waals surface area contributed by atoms with Crippen molar-refractivity contribution in [2.45, 2.75) is 19.6 Å². The summed E-state index contributed by atoms with van der Waals surface area (Å²) < 4.78 is 39.0. The maximum Gasteiger partial charge on any atom is 0.435 e. The third-order valence-electron chi connectivity index (χ3n) is 2.68. The molecule has 5 nitrogen and oxygen atoms in total. The first-order valence-corrected chi connectivity index (χ1v) is 5.66. The van der Waals surface area contributed by atoms with Gasteiger partial charge in [0.25, 0.3) is 0 Å². The molecule has 0 aliphatic carbocycles. The van der Waals surface area contributed by atoms with Gasteiger partial charge in [0.15, 0.2) is 5.69 Å². The predicted molar refractivity (Wildman–Crippen MR) is 66.2 cm³/mol. The molecule has 1 aromatic carbocycles. The Kier molecular flexibility index (Phi) is 3.67. The molecule has 1 aromatic heterocycles. The zero-order valence-electron chi connectivity index (χ0n) is 10.5. The average Bonchev–Trinajstić information content (AvgIpc) is 2.79. The Morgan fingerprint density at radius 3 is 2.45 bits per heavy atom. The number of halogens is 3. The number of alkyl halides is 3. The largest absolute Gasteiger partial charge is 0.435 e. The predicted octanol–water partition coefficient (Wildman–Crippen LogP) is 4.01. The van der Waals surface area contributed by atoms with Crippen molar-refractivity contribution in [1.29, 1.82) is 0 Å². The van der Waals surface area contributed by atoms with Crippen molar-refractivity contribution in [3.8, 4) is 5.69 Å². The Hall–Kier alpha value is -2.47. The third-order valence-corrected chi connectivity index (χ3v) is 2.68. The van der Waals surface area contributed by atoms with E-state index in [4.69, 9.17) is 5.53 Å². The van der Waals surface area contributed by atoms with E-state index in [2.05, 4.69) is 15.1 Å². The molecule has 0 amide bonds. The number of hydrogen-bond donors (Lipinski definition) is 0. The van der Waals surface area contributed by atoms with Crippen molar-refractivity contribution < 1.29 is 13.2 Å². The molecule has 8 heteroatoms. The van der Waals surface area contributed by atoms with E-state index in [0.29, 0.717) is 11.4 Å². The van der Waals surface area contributed by atoms with Gasteiger partial charge in [-0.05, 0) is 36.2 Å². The van der Waals surface area contributed by atoms with Gasteiger partial charge in [-0.3, -0.25) is 0 Å². The molecule has 0 radical (unpaired) electrons. The van der Waals surface area contributed by atoms with Crippen molar-refractivity contribution in [2.24, 2.45) is 5.11 Å². The number of nitrogens with zero attached hydrogens (tertiary/aromatic N) is 5. The van der Waals surface area contributed by atoms with Gasteiger partial charge in [-0.15, -0.1) is 0 Å². The minimum Gasteiger partial charge on any atom is -0.238 e. The summed E-state index contributed by atoms with van der Waals surface area (Å²) in [6.45, 7) is 1.75. The number of hydrogen-bond acceptors (Lipinski definition) is 2. The highest BCUT2D eigenvalue weighted by Gasteiger charge is 2.34. The molecule has 0 fully saturated rings. The molecule has 20 heavy (non-hydrogen) atoms. The van der Waals surface area contributed by atoms with E-state index in [-0.39, 0.29) is 6.54 Å². The molecular formula is C12H10F3N5. The van der Waals surface area contributed by atoms with Gasteiger partial charge < -0.3 is 0 Å². The van der Waals surface area contributed by atoms with Crippen LogP contribution in [0.1, 0.15) is 17.0 Å². The van der Waals surface area contributed by atoms with Crippen LogP contribution in [0.3, 0.4) is 0 Å². The summed E-state index contributed by atoms with van der Waals surface area (Å²) in [7, 11) is 0. The van der Waals surface area contributed by atoms with Gasteiger partial charge in [0, 0.05) is 10.6 Å². The highest BCUT2D eigenvalue weighted by atomic mass is 19.4. The van der Waals surface area contributed by atoms with Crippen molar-refractivity contribution in [3.63, 3.8) is 0 Å². The smallest absolute Gasteiger partial charge is 0.238 e. The first kappa shape index (κ1) is 14.0. The second-order valence-corrected chi connectivity index (χ2v) is 4.14. The van der Waals surface area contributed by atoms with Crippen LogP contribution < -0.4 is 0 Å². The van der Waals surface area contributed by atoms with Gasteiger partial charge in [-0.25, -0.2) is 4.68 Å². The Balaban J connectivity index is 2.32. The summed E-state index contributed by atoms with van der Waals surface area (Å²) in [5.74, 6) is 0. The molecule has 0 unspecified atom stereocenters. The van der Waals surface area contributed by atoms with E-state index in [1.807, 2.05) is 0 Å². The summed E-state index contributed by atoms with van der Waals surface area (Å²) >= 11 is 0. The molecule has 2 aromatic rings. The number of aromatic nitrogens is 2. The average molecular weight is 281 g/mol. The van der Waals surface area contributed by atoms with Crippen LogP contribution in [0, 0.1) is 6.92 Å². The SMILES string of the molecule is Cc1cc(C(F)(F)F)nn1-c1ccc(CN=[N+]=[N-])cc1. The molecule has 0 saturated heterocycles. The lowest BCUT2D eigenvalue weighted by atomic mass is 10.2. The van der Waals surface area contributed by atoms with E-state index >= 15 is 0 Å². The first-order valence-electron chi connectivity index (χ1n) is 5.66. The van der Waals surface area contributed by atoms with Gasteiger partial charge in [0.1, 0.15) is 0 Å². The Bertz CT molecular complexity index is 651. The summed E-state index contributed by atoms with van der Waals surface area (Å²) in [5.41, 5.74) is 8.97. The number of benzene rings is 1. The van der Waals surface area contributed by atoms with Gasteiger partial charge in [0.2, 0.25) is 0 Å². The fourth-order valence-electron chi connectivity index (χ4n) is 1.73. The fourth-order valence-corrected chi connectivity index (χ4v) is 1.73. The van der Waals surface area contributed by atoms with Crippen molar-refractivity contribution in [2.75, 3.05) is 0 Å². The molecule has 0 aliphatic rings. The lowest BCUT2D eigenvalue weighted by Crippen LogP contribution is -2.07. The zero-order valence-corrected chi connectivity index (χ0v) is 10.5. The molecule has 2 rings (SSSR count). The maximum absolute atomic E-state index is 12.6. The molecule has 0 atom stereocenters. The van der Waals surface area contributed by atoms with Crippen molar-refractivity contribution >= 4 is 0 Å². The Labute approximate surface area is 112 Å². The molecule has 104 valence electrons. The van der Waals surface area contributed by atoms with Gasteiger partial charge in [0.05, 0.1) is 12.2 Å². The molecule has 1 heterocycles. The molecule has 0 aliphatic heterocycles. The molecule has 0 saturated carbocycles. The highest BCUT2D eigenvalue weighted by molar-refractivity contribution is 5.36. The third kappa shape index (κ3) is 2.92. The molecule has 0 bridgehead atoms. The van der Waals surface area contributed by atoms with Crippen LogP contribution in [0.5, 0.6) is 0 Å². The Morgan fingerprint density at radius 2 is 1.95 bits per heavy atom. The number of aryl methyl sites for hydroxylation is 1. The second kappa shape index (κ2) is 5.26. The zero-order chi connectivity index (χ0) is 14.8. The number of azide groups is 1. The van der Waals surface area contributed by atoms with Gasteiger partial charge in [-0.1, -0.05) is 17.2 Å². The summed E-state index contributed by atoms with van der Waals surface area (Å²) in [4.78, 5) is 2.64. The topological polar surface area (TPSA) is 66.6 Å². The lowest BCUT2D eigenvalue weighted by molar-refractivity contribution is -0.141. The van der Waals surface area contributed by atoms with Crippen LogP contribution in [0.2, 0.25) is 0 Å². The normalized spacial score (nSPS) is 11.2. The van der Waals surface area contributed by atoms with E-state index < -0.39 is 11.9 Å².